The van der Waals surface area contributed by atoms with Gasteiger partial charge in [-0.1, -0.05) is 18.2 Å². The lowest BCUT2D eigenvalue weighted by Gasteiger charge is -2.10. The quantitative estimate of drug-likeness (QED) is 0.705. The molecule has 2 aromatic carbocycles. The zero-order chi connectivity index (χ0) is 14.4. The van der Waals surface area contributed by atoms with Gasteiger partial charge in [0.25, 0.3) is 0 Å². The molecule has 0 aromatic heterocycles. The van der Waals surface area contributed by atoms with Crippen LogP contribution >= 0.6 is 0 Å². The van der Waals surface area contributed by atoms with E-state index in [2.05, 4.69) is 10.9 Å². The minimum absolute atomic E-state index is 0.209. The number of aromatic carboxylic acids is 1. The van der Waals surface area contributed by atoms with Crippen molar-refractivity contribution in [2.75, 3.05) is 12.5 Å². The number of methoxy groups -OCH3 is 1. The van der Waals surface area contributed by atoms with Crippen molar-refractivity contribution in [1.29, 1.82) is 0 Å². The first-order valence-electron chi connectivity index (χ1n) is 6.14. The van der Waals surface area contributed by atoms with Gasteiger partial charge >= 0.3 is 5.97 Å². The number of ether oxygens (including phenoxy) is 1. The van der Waals surface area contributed by atoms with Gasteiger partial charge in [-0.3, -0.25) is 0 Å². The normalized spacial score (nSPS) is 10.1. The first kappa shape index (κ1) is 13.9. The molecular formula is C15H16N2O3. The molecule has 0 saturated heterocycles. The van der Waals surface area contributed by atoms with Gasteiger partial charge in [-0.25, -0.2) is 10.2 Å². The van der Waals surface area contributed by atoms with Gasteiger partial charge in [-0.2, -0.15) is 0 Å². The molecule has 0 heterocycles. The lowest BCUT2D eigenvalue weighted by atomic mass is 10.1. The third kappa shape index (κ3) is 3.73. The van der Waals surface area contributed by atoms with Gasteiger partial charge in [0.2, 0.25) is 0 Å². The highest BCUT2D eigenvalue weighted by Crippen LogP contribution is 2.17. The summed E-state index contributed by atoms with van der Waals surface area (Å²) in [6.45, 7) is 0.479. The van der Waals surface area contributed by atoms with E-state index < -0.39 is 5.97 Å². The molecule has 0 spiro atoms. The second kappa shape index (κ2) is 6.58. The molecule has 0 aliphatic carbocycles. The molecule has 5 nitrogen and oxygen atoms in total. The number of carboxylic acid groups (broad SMARTS) is 1. The Labute approximate surface area is 117 Å². The Morgan fingerprint density at radius 1 is 1.20 bits per heavy atom. The summed E-state index contributed by atoms with van der Waals surface area (Å²) in [5, 5.41) is 9.04. The van der Waals surface area contributed by atoms with Gasteiger partial charge in [0.05, 0.1) is 12.7 Å². The minimum Gasteiger partial charge on any atom is -0.497 e. The summed E-state index contributed by atoms with van der Waals surface area (Å²) < 4.78 is 5.10. The molecule has 20 heavy (non-hydrogen) atoms. The zero-order valence-corrected chi connectivity index (χ0v) is 11.1. The maximum absolute atomic E-state index is 11.0. The van der Waals surface area contributed by atoms with E-state index in [9.17, 15) is 4.79 Å². The number of nitrogens with one attached hydrogen (secondary N) is 2. The van der Waals surface area contributed by atoms with E-state index >= 15 is 0 Å². The Kier molecular flexibility index (Phi) is 4.57. The van der Waals surface area contributed by atoms with Crippen molar-refractivity contribution in [3.63, 3.8) is 0 Å². The molecule has 2 rings (SSSR count). The number of carboxylic acids is 1. The van der Waals surface area contributed by atoms with Crippen LogP contribution in [-0.2, 0) is 6.54 Å². The largest absolute Gasteiger partial charge is 0.497 e. The third-order valence-corrected chi connectivity index (χ3v) is 2.75. The van der Waals surface area contributed by atoms with Crippen LogP contribution < -0.4 is 15.6 Å². The summed E-state index contributed by atoms with van der Waals surface area (Å²) in [5.41, 5.74) is 8.05. The van der Waals surface area contributed by atoms with Crippen LogP contribution in [-0.4, -0.2) is 18.2 Å². The smallest absolute Gasteiger partial charge is 0.335 e. The average molecular weight is 272 g/mol. The van der Waals surface area contributed by atoms with E-state index in [4.69, 9.17) is 9.84 Å². The molecule has 0 unspecified atom stereocenters. The fraction of sp³-hybridized carbons (Fsp3) is 0.133. The number of para-hydroxylation sites is 1. The maximum atomic E-state index is 11.0. The standard InChI is InChI=1S/C15H16N2O3/c1-20-14-8-11(7-12(9-14)15(18)19)10-16-17-13-5-3-2-4-6-13/h2-9,16-17H,10H2,1H3,(H,18,19). The van der Waals surface area contributed by atoms with Crippen molar-refractivity contribution in [3.05, 3.63) is 59.7 Å². The molecule has 0 amide bonds. The molecular weight excluding hydrogens is 256 g/mol. The van der Waals surface area contributed by atoms with Crippen LogP contribution in [0.4, 0.5) is 5.69 Å². The Hall–Kier alpha value is -2.53. The van der Waals surface area contributed by atoms with Crippen molar-refractivity contribution in [2.24, 2.45) is 0 Å². The number of hydrazine groups is 1. The Bertz CT molecular complexity index is 585. The molecule has 0 saturated carbocycles. The lowest BCUT2D eigenvalue weighted by molar-refractivity contribution is 0.0696. The second-order valence-corrected chi connectivity index (χ2v) is 4.22. The van der Waals surface area contributed by atoms with Crippen LogP contribution in [0.1, 0.15) is 15.9 Å². The molecule has 2 aromatic rings. The molecule has 0 aliphatic heterocycles. The van der Waals surface area contributed by atoms with Crippen LogP contribution in [0.5, 0.6) is 5.75 Å². The highest BCUT2D eigenvalue weighted by Gasteiger charge is 2.07. The molecule has 3 N–H and O–H groups in total. The Balaban J connectivity index is 2.02. The van der Waals surface area contributed by atoms with Crippen LogP contribution in [0.2, 0.25) is 0 Å². The van der Waals surface area contributed by atoms with Gasteiger partial charge in [-0.05, 0) is 35.9 Å². The van der Waals surface area contributed by atoms with Gasteiger partial charge in [0.1, 0.15) is 5.75 Å². The van der Waals surface area contributed by atoms with E-state index in [1.54, 1.807) is 12.1 Å². The van der Waals surface area contributed by atoms with E-state index in [0.717, 1.165) is 11.3 Å². The van der Waals surface area contributed by atoms with Crippen molar-refractivity contribution >= 4 is 11.7 Å². The summed E-state index contributed by atoms with van der Waals surface area (Å²) in [5.74, 6) is -0.442. The summed E-state index contributed by atoms with van der Waals surface area (Å²) in [6, 6.07) is 14.6. The molecule has 0 radical (unpaired) electrons. The topological polar surface area (TPSA) is 70.6 Å². The fourth-order valence-corrected chi connectivity index (χ4v) is 1.77. The summed E-state index contributed by atoms with van der Waals surface area (Å²) in [7, 11) is 1.51. The Morgan fingerprint density at radius 3 is 2.60 bits per heavy atom. The van der Waals surface area contributed by atoms with Crippen molar-refractivity contribution < 1.29 is 14.6 Å². The first-order chi connectivity index (χ1) is 9.69. The van der Waals surface area contributed by atoms with E-state index in [1.807, 2.05) is 30.3 Å². The summed E-state index contributed by atoms with van der Waals surface area (Å²) in [6.07, 6.45) is 0. The third-order valence-electron chi connectivity index (χ3n) is 2.75. The molecule has 104 valence electrons. The number of benzene rings is 2. The van der Waals surface area contributed by atoms with Crippen LogP contribution in [0, 0.1) is 0 Å². The second-order valence-electron chi connectivity index (χ2n) is 4.22. The van der Waals surface area contributed by atoms with Gasteiger partial charge in [0.15, 0.2) is 0 Å². The average Bonchev–Trinajstić information content (AvgIpc) is 2.48. The van der Waals surface area contributed by atoms with Gasteiger partial charge in [0, 0.05) is 12.2 Å². The van der Waals surface area contributed by atoms with E-state index in [1.165, 1.54) is 13.2 Å². The summed E-state index contributed by atoms with van der Waals surface area (Å²) in [4.78, 5) is 11.0. The van der Waals surface area contributed by atoms with Crippen LogP contribution in [0.3, 0.4) is 0 Å². The number of carbonyl (C=O) groups is 1. The van der Waals surface area contributed by atoms with Crippen molar-refractivity contribution in [3.8, 4) is 5.75 Å². The lowest BCUT2D eigenvalue weighted by Crippen LogP contribution is -2.21. The highest BCUT2D eigenvalue weighted by atomic mass is 16.5. The summed E-state index contributed by atoms with van der Waals surface area (Å²) >= 11 is 0. The molecule has 0 bridgehead atoms. The predicted octanol–water partition coefficient (Wildman–Crippen LogP) is 2.51. The zero-order valence-electron chi connectivity index (χ0n) is 11.1. The first-order valence-corrected chi connectivity index (χ1v) is 6.14. The van der Waals surface area contributed by atoms with E-state index in [-0.39, 0.29) is 5.56 Å². The van der Waals surface area contributed by atoms with Crippen LogP contribution in [0.15, 0.2) is 48.5 Å². The fourth-order valence-electron chi connectivity index (χ4n) is 1.77. The monoisotopic (exact) mass is 272 g/mol. The minimum atomic E-state index is -0.971. The number of hydrogen-bond acceptors (Lipinski definition) is 4. The predicted molar refractivity (Wildman–Crippen MR) is 76.9 cm³/mol. The molecule has 0 aliphatic rings. The molecule has 0 atom stereocenters. The molecule has 0 fully saturated rings. The van der Waals surface area contributed by atoms with Crippen molar-refractivity contribution in [1.82, 2.24) is 5.43 Å². The van der Waals surface area contributed by atoms with Crippen molar-refractivity contribution in [2.45, 2.75) is 6.54 Å². The van der Waals surface area contributed by atoms with E-state index in [0.29, 0.717) is 12.3 Å². The van der Waals surface area contributed by atoms with Gasteiger partial charge < -0.3 is 15.3 Å². The number of anilines is 1. The number of hydrogen-bond donors (Lipinski definition) is 3. The number of rotatable bonds is 6. The molecule has 5 heteroatoms. The Morgan fingerprint density at radius 2 is 1.95 bits per heavy atom. The highest BCUT2D eigenvalue weighted by molar-refractivity contribution is 5.88. The SMILES string of the molecule is COc1cc(CNNc2ccccc2)cc(C(=O)O)c1. The maximum Gasteiger partial charge on any atom is 0.335 e. The van der Waals surface area contributed by atoms with Gasteiger partial charge in [-0.15, -0.1) is 0 Å². The van der Waals surface area contributed by atoms with Crippen LogP contribution in [0.25, 0.3) is 0 Å².